The zero-order chi connectivity index (χ0) is 14.2. The molecule has 104 valence electrons. The van der Waals surface area contributed by atoms with Crippen LogP contribution in [0.15, 0.2) is 11.1 Å². The molecule has 1 saturated heterocycles. The average Bonchev–Trinajstić information content (AvgIpc) is 2.59. The lowest BCUT2D eigenvalue weighted by molar-refractivity contribution is -0.311. The molecule has 2 aliphatic rings. The minimum absolute atomic E-state index is 0.223. The molecule has 0 N–H and O–H groups in total. The van der Waals surface area contributed by atoms with Gasteiger partial charge in [0.25, 0.3) is 0 Å². The molecule has 19 heavy (non-hydrogen) atoms. The summed E-state index contributed by atoms with van der Waals surface area (Å²) in [6.07, 6.45) is 3.23. The number of hydrogen-bond acceptors (Lipinski definition) is 4. The fourth-order valence-electron chi connectivity index (χ4n) is 2.79. The predicted octanol–water partition coefficient (Wildman–Crippen LogP) is 0.423. The Morgan fingerprint density at radius 3 is 2.68 bits per heavy atom. The van der Waals surface area contributed by atoms with E-state index in [-0.39, 0.29) is 6.42 Å². The Morgan fingerprint density at radius 1 is 1.47 bits per heavy atom. The summed E-state index contributed by atoms with van der Waals surface area (Å²) in [5.74, 6) is -3.18. The van der Waals surface area contributed by atoms with Gasteiger partial charge in [0.2, 0.25) is 11.8 Å². The zero-order valence-electron chi connectivity index (χ0n) is 10.6. The number of nitrogens with zero attached hydrogens (tertiary/aromatic N) is 1. The number of amides is 2. The molecule has 1 fully saturated rings. The number of rotatable bonds is 4. The number of allylic oxidation sites excluding steroid dienone is 2. The molecule has 2 rings (SSSR count). The monoisotopic (exact) mass is 284 g/mol. The molecule has 0 radical (unpaired) electrons. The molecule has 5 nitrogen and oxygen atoms in total. The van der Waals surface area contributed by atoms with Crippen molar-refractivity contribution >= 4 is 29.4 Å². The summed E-state index contributed by atoms with van der Waals surface area (Å²) in [6, 6.07) is -1.16. The first kappa shape index (κ1) is 14.1. The Balaban J connectivity index is 2.27. The van der Waals surface area contributed by atoms with Crippen molar-refractivity contribution in [2.75, 3.05) is 0 Å². The number of carboxylic acid groups (broad SMARTS) is 1. The number of imide groups is 1. The number of likely N-dealkylation sites (tertiary alicyclic amines) is 1. The lowest BCUT2D eigenvalue weighted by Gasteiger charge is -2.27. The molecule has 1 aliphatic heterocycles. The molecule has 3 atom stereocenters. The molecular weight excluding hydrogens is 270 g/mol. The summed E-state index contributed by atoms with van der Waals surface area (Å²) in [4.78, 5) is 36.5. The van der Waals surface area contributed by atoms with Gasteiger partial charge in [-0.2, -0.15) is 0 Å². The maximum absolute atomic E-state index is 12.2. The third-order valence-electron chi connectivity index (χ3n) is 3.75. The summed E-state index contributed by atoms with van der Waals surface area (Å²) >= 11 is 5.90. The van der Waals surface area contributed by atoms with Gasteiger partial charge in [0.1, 0.15) is 0 Å². The Morgan fingerprint density at radius 2 is 2.11 bits per heavy atom. The summed E-state index contributed by atoms with van der Waals surface area (Å²) in [7, 11) is 0. The van der Waals surface area contributed by atoms with Crippen LogP contribution < -0.4 is 5.11 Å². The number of carbonyl (C=O) groups is 3. The van der Waals surface area contributed by atoms with Crippen molar-refractivity contribution in [1.29, 1.82) is 0 Å². The van der Waals surface area contributed by atoms with Crippen LogP contribution in [0.25, 0.3) is 0 Å². The molecule has 1 aliphatic carbocycles. The first-order chi connectivity index (χ1) is 8.97. The Bertz CT molecular complexity index is 460. The third-order valence-corrected chi connectivity index (χ3v) is 4.06. The van der Waals surface area contributed by atoms with E-state index in [9.17, 15) is 19.5 Å². The van der Waals surface area contributed by atoms with Crippen LogP contribution >= 0.6 is 11.6 Å². The standard InChI is InChI=1S/C13H16ClNO4/c1-2-3-10(13(18)19)15-11(16)8-5-4-7(14)6-9(8)12(15)17/h4,8-10H,2-3,5-6H2,1H3,(H,18,19)/p-1/t8-,9-,10-/m0/s1. The van der Waals surface area contributed by atoms with Crippen molar-refractivity contribution in [1.82, 2.24) is 4.90 Å². The van der Waals surface area contributed by atoms with Gasteiger partial charge < -0.3 is 9.90 Å². The first-order valence-corrected chi connectivity index (χ1v) is 6.77. The van der Waals surface area contributed by atoms with Crippen molar-refractivity contribution in [3.8, 4) is 0 Å². The second-order valence-electron chi connectivity index (χ2n) is 4.97. The smallest absolute Gasteiger partial charge is 0.234 e. The van der Waals surface area contributed by atoms with E-state index in [2.05, 4.69) is 0 Å². The zero-order valence-corrected chi connectivity index (χ0v) is 11.4. The molecule has 0 aromatic rings. The fourth-order valence-corrected chi connectivity index (χ4v) is 3.04. The topological polar surface area (TPSA) is 77.5 Å². The Kier molecular flexibility index (Phi) is 3.94. The minimum Gasteiger partial charge on any atom is -0.548 e. The third kappa shape index (κ3) is 2.39. The largest absolute Gasteiger partial charge is 0.548 e. The van der Waals surface area contributed by atoms with Gasteiger partial charge in [-0.25, -0.2) is 0 Å². The summed E-state index contributed by atoms with van der Waals surface area (Å²) in [5.41, 5.74) is 0. The predicted molar refractivity (Wildman–Crippen MR) is 65.7 cm³/mol. The van der Waals surface area contributed by atoms with Gasteiger partial charge in [0, 0.05) is 5.03 Å². The number of aliphatic carboxylic acids is 1. The second kappa shape index (κ2) is 5.33. The van der Waals surface area contributed by atoms with Gasteiger partial charge in [-0.1, -0.05) is 31.0 Å². The fraction of sp³-hybridized carbons (Fsp3) is 0.615. The van der Waals surface area contributed by atoms with E-state index >= 15 is 0 Å². The van der Waals surface area contributed by atoms with Crippen LogP contribution in [-0.2, 0) is 14.4 Å². The highest BCUT2D eigenvalue weighted by atomic mass is 35.5. The van der Waals surface area contributed by atoms with Crippen LogP contribution in [0.5, 0.6) is 0 Å². The van der Waals surface area contributed by atoms with E-state index in [1.54, 1.807) is 13.0 Å². The summed E-state index contributed by atoms with van der Waals surface area (Å²) in [5, 5.41) is 11.7. The molecule has 2 amide bonds. The molecular formula is C13H15ClNO4-. The maximum atomic E-state index is 12.2. The van der Waals surface area contributed by atoms with Crippen molar-refractivity contribution in [2.24, 2.45) is 11.8 Å². The molecule has 0 saturated carbocycles. The van der Waals surface area contributed by atoms with Gasteiger partial charge in [-0.15, -0.1) is 0 Å². The van der Waals surface area contributed by atoms with Gasteiger partial charge in [0.15, 0.2) is 0 Å². The number of hydrogen-bond donors (Lipinski definition) is 0. The van der Waals surface area contributed by atoms with Crippen LogP contribution in [0, 0.1) is 11.8 Å². The number of carbonyl (C=O) groups excluding carboxylic acids is 3. The molecule has 0 bridgehead atoms. The van der Waals surface area contributed by atoms with E-state index in [0.717, 1.165) is 4.90 Å². The quantitative estimate of drug-likeness (QED) is 0.701. The van der Waals surface area contributed by atoms with Gasteiger partial charge in [0.05, 0.1) is 23.8 Å². The van der Waals surface area contributed by atoms with E-state index in [4.69, 9.17) is 11.6 Å². The van der Waals surface area contributed by atoms with Crippen LogP contribution in [0.3, 0.4) is 0 Å². The highest BCUT2D eigenvalue weighted by Gasteiger charge is 2.50. The lowest BCUT2D eigenvalue weighted by atomic mass is 9.85. The highest BCUT2D eigenvalue weighted by molar-refractivity contribution is 6.30. The summed E-state index contributed by atoms with van der Waals surface area (Å²) in [6.45, 7) is 1.80. The van der Waals surface area contributed by atoms with Gasteiger partial charge in [-0.3, -0.25) is 14.5 Å². The van der Waals surface area contributed by atoms with E-state index in [0.29, 0.717) is 24.3 Å². The highest BCUT2D eigenvalue weighted by Crippen LogP contribution is 2.39. The number of carboxylic acids is 1. The molecule has 6 heteroatoms. The summed E-state index contributed by atoms with van der Waals surface area (Å²) < 4.78 is 0. The Labute approximate surface area is 116 Å². The van der Waals surface area contributed by atoms with Crippen LogP contribution in [-0.4, -0.2) is 28.7 Å². The Hall–Kier alpha value is -1.36. The minimum atomic E-state index is -1.37. The number of fused-ring (bicyclic) bond motifs is 1. The van der Waals surface area contributed by atoms with Crippen LogP contribution in [0.4, 0.5) is 0 Å². The van der Waals surface area contributed by atoms with Crippen LogP contribution in [0.2, 0.25) is 0 Å². The molecule has 0 spiro atoms. The van der Waals surface area contributed by atoms with E-state index in [1.807, 2.05) is 0 Å². The van der Waals surface area contributed by atoms with E-state index < -0.39 is 35.7 Å². The number of halogens is 1. The normalized spacial score (nSPS) is 28.1. The lowest BCUT2D eigenvalue weighted by Crippen LogP contribution is -2.51. The second-order valence-corrected chi connectivity index (χ2v) is 5.46. The van der Waals surface area contributed by atoms with Crippen molar-refractivity contribution in [3.05, 3.63) is 11.1 Å². The maximum Gasteiger partial charge on any atom is 0.234 e. The first-order valence-electron chi connectivity index (χ1n) is 6.39. The molecule has 0 aromatic heterocycles. The molecule has 0 aromatic carbocycles. The van der Waals surface area contributed by atoms with Crippen LogP contribution in [0.1, 0.15) is 32.6 Å². The van der Waals surface area contributed by atoms with Gasteiger partial charge in [-0.05, 0) is 19.3 Å². The van der Waals surface area contributed by atoms with Crippen molar-refractivity contribution in [2.45, 2.75) is 38.6 Å². The van der Waals surface area contributed by atoms with E-state index in [1.165, 1.54) is 0 Å². The van der Waals surface area contributed by atoms with Crippen molar-refractivity contribution in [3.63, 3.8) is 0 Å². The average molecular weight is 285 g/mol. The molecule has 1 heterocycles. The van der Waals surface area contributed by atoms with Gasteiger partial charge >= 0.3 is 0 Å². The molecule has 0 unspecified atom stereocenters. The van der Waals surface area contributed by atoms with Crippen molar-refractivity contribution < 1.29 is 19.5 Å². The SMILES string of the molecule is CCC[C@@H](C(=O)[O-])N1C(=O)[C@H]2CC=C(Cl)C[C@@H]2C1=O.